The summed E-state index contributed by atoms with van der Waals surface area (Å²) in [5, 5.41) is 8.86. The van der Waals surface area contributed by atoms with E-state index in [-0.39, 0.29) is 17.7 Å². The van der Waals surface area contributed by atoms with E-state index < -0.39 is 0 Å². The summed E-state index contributed by atoms with van der Waals surface area (Å²) in [6.45, 7) is 7.16. The number of carbonyl (C=O) groups is 2. The molecule has 1 aromatic rings. The van der Waals surface area contributed by atoms with Crippen LogP contribution in [0.15, 0.2) is 18.2 Å². The number of nitrogens with one attached hydrogen (secondary N) is 3. The van der Waals surface area contributed by atoms with Crippen molar-refractivity contribution in [1.29, 1.82) is 0 Å². The van der Waals surface area contributed by atoms with Gasteiger partial charge in [-0.3, -0.25) is 9.59 Å². The standard InChI is InChI=1S/C15H21N3O2/c1-9-6-13(4-5-14(9)17-11(3)19)18-15(20)10(2)12-7-16-8-12/h4-6,10,12,16H,7-8H2,1-3H3,(H,17,19)(H,18,20). The monoisotopic (exact) mass is 275 g/mol. The molecule has 2 amide bonds. The number of rotatable bonds is 4. The average molecular weight is 275 g/mol. The molecule has 20 heavy (non-hydrogen) atoms. The summed E-state index contributed by atoms with van der Waals surface area (Å²) < 4.78 is 0. The molecule has 1 atom stereocenters. The van der Waals surface area contributed by atoms with Gasteiger partial charge in [0.2, 0.25) is 11.8 Å². The average Bonchev–Trinajstić information content (AvgIpc) is 2.30. The lowest BCUT2D eigenvalue weighted by Crippen LogP contribution is -2.48. The van der Waals surface area contributed by atoms with Crippen LogP contribution in [0.25, 0.3) is 0 Å². The van der Waals surface area contributed by atoms with Crippen molar-refractivity contribution in [3.8, 4) is 0 Å². The summed E-state index contributed by atoms with van der Waals surface area (Å²) in [6.07, 6.45) is 0. The Labute approximate surface area is 119 Å². The minimum atomic E-state index is -0.101. The van der Waals surface area contributed by atoms with Crippen molar-refractivity contribution < 1.29 is 9.59 Å². The lowest BCUT2D eigenvalue weighted by atomic mass is 9.88. The van der Waals surface area contributed by atoms with Crippen molar-refractivity contribution in [1.82, 2.24) is 5.32 Å². The smallest absolute Gasteiger partial charge is 0.227 e. The summed E-state index contributed by atoms with van der Waals surface area (Å²) >= 11 is 0. The molecule has 0 saturated carbocycles. The third-order valence-electron chi connectivity index (χ3n) is 3.74. The maximum Gasteiger partial charge on any atom is 0.227 e. The van der Waals surface area contributed by atoms with Gasteiger partial charge in [0.1, 0.15) is 0 Å². The van der Waals surface area contributed by atoms with Gasteiger partial charge in [-0.15, -0.1) is 0 Å². The lowest BCUT2D eigenvalue weighted by molar-refractivity contribution is -0.121. The first-order chi connectivity index (χ1) is 9.47. The first-order valence-electron chi connectivity index (χ1n) is 6.87. The molecule has 5 nitrogen and oxygen atoms in total. The van der Waals surface area contributed by atoms with Gasteiger partial charge in [-0.05, 0) is 49.7 Å². The van der Waals surface area contributed by atoms with E-state index in [0.29, 0.717) is 5.92 Å². The van der Waals surface area contributed by atoms with Gasteiger partial charge in [0.15, 0.2) is 0 Å². The van der Waals surface area contributed by atoms with Crippen LogP contribution in [0.1, 0.15) is 19.4 Å². The maximum absolute atomic E-state index is 12.1. The molecule has 0 bridgehead atoms. The quantitative estimate of drug-likeness (QED) is 0.784. The van der Waals surface area contributed by atoms with E-state index >= 15 is 0 Å². The zero-order chi connectivity index (χ0) is 14.7. The molecule has 0 radical (unpaired) electrons. The van der Waals surface area contributed by atoms with Gasteiger partial charge in [0, 0.05) is 24.2 Å². The van der Waals surface area contributed by atoms with Gasteiger partial charge >= 0.3 is 0 Å². The maximum atomic E-state index is 12.1. The molecule has 1 aromatic carbocycles. The SMILES string of the molecule is CC(=O)Nc1ccc(NC(=O)C(C)C2CNC2)cc1C. The van der Waals surface area contributed by atoms with E-state index in [2.05, 4.69) is 16.0 Å². The largest absolute Gasteiger partial charge is 0.326 e. The zero-order valence-corrected chi connectivity index (χ0v) is 12.1. The van der Waals surface area contributed by atoms with Crippen LogP contribution in [0, 0.1) is 18.8 Å². The number of anilines is 2. The minimum absolute atomic E-state index is 0.00609. The van der Waals surface area contributed by atoms with E-state index in [1.54, 1.807) is 0 Å². The second-order valence-corrected chi connectivity index (χ2v) is 5.41. The van der Waals surface area contributed by atoms with E-state index in [1.165, 1.54) is 6.92 Å². The third-order valence-corrected chi connectivity index (χ3v) is 3.74. The molecule has 1 unspecified atom stereocenters. The summed E-state index contributed by atoms with van der Waals surface area (Å²) in [5.41, 5.74) is 2.46. The van der Waals surface area contributed by atoms with E-state index in [1.807, 2.05) is 32.0 Å². The van der Waals surface area contributed by atoms with Crippen LogP contribution in [0.5, 0.6) is 0 Å². The Kier molecular flexibility index (Phi) is 4.39. The van der Waals surface area contributed by atoms with Crippen LogP contribution in [-0.4, -0.2) is 24.9 Å². The fourth-order valence-electron chi connectivity index (χ4n) is 2.21. The second kappa shape index (κ2) is 6.05. The Morgan fingerprint density at radius 3 is 2.50 bits per heavy atom. The molecule has 3 N–H and O–H groups in total. The summed E-state index contributed by atoms with van der Waals surface area (Å²) in [6, 6.07) is 5.48. The van der Waals surface area contributed by atoms with Crippen LogP contribution >= 0.6 is 0 Å². The number of hydrogen-bond acceptors (Lipinski definition) is 3. The van der Waals surface area contributed by atoms with Crippen molar-refractivity contribution >= 4 is 23.2 Å². The van der Waals surface area contributed by atoms with Gasteiger partial charge < -0.3 is 16.0 Å². The molecular formula is C15H21N3O2. The molecule has 0 aromatic heterocycles. The molecule has 108 valence electrons. The molecule has 1 heterocycles. The zero-order valence-electron chi connectivity index (χ0n) is 12.1. The van der Waals surface area contributed by atoms with Gasteiger partial charge in [-0.2, -0.15) is 0 Å². The first kappa shape index (κ1) is 14.5. The summed E-state index contributed by atoms with van der Waals surface area (Å²) in [5.74, 6) is 0.375. The second-order valence-electron chi connectivity index (χ2n) is 5.41. The predicted octanol–water partition coefficient (Wildman–Crippen LogP) is 1.75. The fraction of sp³-hybridized carbons (Fsp3) is 0.467. The number of hydrogen-bond donors (Lipinski definition) is 3. The van der Waals surface area contributed by atoms with Gasteiger partial charge in [0.25, 0.3) is 0 Å². The highest BCUT2D eigenvalue weighted by Gasteiger charge is 2.28. The molecule has 1 saturated heterocycles. The summed E-state index contributed by atoms with van der Waals surface area (Å²) in [7, 11) is 0. The molecule has 0 aliphatic carbocycles. The van der Waals surface area contributed by atoms with Crippen LogP contribution in [0.3, 0.4) is 0 Å². The highest BCUT2D eigenvalue weighted by molar-refractivity contribution is 5.94. The van der Waals surface area contributed by atoms with E-state index in [4.69, 9.17) is 0 Å². The Morgan fingerprint density at radius 1 is 1.30 bits per heavy atom. The number of amides is 2. The highest BCUT2D eigenvalue weighted by atomic mass is 16.2. The van der Waals surface area contributed by atoms with Gasteiger partial charge in [-0.1, -0.05) is 6.92 Å². The molecule has 1 aliphatic rings. The van der Waals surface area contributed by atoms with E-state index in [9.17, 15) is 9.59 Å². The van der Waals surface area contributed by atoms with Crippen molar-refractivity contribution in [2.24, 2.45) is 11.8 Å². The van der Waals surface area contributed by atoms with Crippen molar-refractivity contribution in [3.63, 3.8) is 0 Å². The Morgan fingerprint density at radius 2 is 2.00 bits per heavy atom. The Balaban J connectivity index is 2.00. The number of aryl methyl sites for hydroxylation is 1. The lowest BCUT2D eigenvalue weighted by Gasteiger charge is -2.31. The molecule has 1 fully saturated rings. The van der Waals surface area contributed by atoms with Crippen molar-refractivity contribution in [2.75, 3.05) is 23.7 Å². The topological polar surface area (TPSA) is 70.2 Å². The minimum Gasteiger partial charge on any atom is -0.326 e. The highest BCUT2D eigenvalue weighted by Crippen LogP contribution is 2.22. The van der Waals surface area contributed by atoms with Crippen molar-refractivity contribution in [2.45, 2.75) is 20.8 Å². The van der Waals surface area contributed by atoms with Crippen LogP contribution in [-0.2, 0) is 9.59 Å². The fourth-order valence-corrected chi connectivity index (χ4v) is 2.21. The first-order valence-corrected chi connectivity index (χ1v) is 6.87. The molecule has 1 aliphatic heterocycles. The van der Waals surface area contributed by atoms with Gasteiger partial charge in [-0.25, -0.2) is 0 Å². The Bertz CT molecular complexity index is 524. The molecule has 2 rings (SSSR count). The van der Waals surface area contributed by atoms with Gasteiger partial charge in [0.05, 0.1) is 0 Å². The Hall–Kier alpha value is -1.88. The predicted molar refractivity (Wildman–Crippen MR) is 79.6 cm³/mol. The molecule has 0 spiro atoms. The van der Waals surface area contributed by atoms with Crippen molar-refractivity contribution in [3.05, 3.63) is 23.8 Å². The normalized spacial score (nSPS) is 16.1. The number of carbonyl (C=O) groups excluding carboxylic acids is 2. The van der Waals surface area contributed by atoms with Crippen LogP contribution < -0.4 is 16.0 Å². The molecule has 5 heteroatoms. The summed E-state index contributed by atoms with van der Waals surface area (Å²) in [4.78, 5) is 23.2. The van der Waals surface area contributed by atoms with Crippen LogP contribution in [0.4, 0.5) is 11.4 Å². The molecular weight excluding hydrogens is 254 g/mol. The van der Waals surface area contributed by atoms with E-state index in [0.717, 1.165) is 30.0 Å². The van der Waals surface area contributed by atoms with Crippen LogP contribution in [0.2, 0.25) is 0 Å². The number of benzene rings is 1. The third kappa shape index (κ3) is 3.36.